The summed E-state index contributed by atoms with van der Waals surface area (Å²) < 4.78 is 17.0. The van der Waals surface area contributed by atoms with Crippen LogP contribution in [0.4, 0.5) is 11.8 Å². The van der Waals surface area contributed by atoms with Gasteiger partial charge < -0.3 is 24.8 Å². The quantitative estimate of drug-likeness (QED) is 0.834. The lowest BCUT2D eigenvalue weighted by Gasteiger charge is -2.32. The highest BCUT2D eigenvalue weighted by molar-refractivity contribution is 6.31. The van der Waals surface area contributed by atoms with E-state index in [9.17, 15) is 0 Å². The van der Waals surface area contributed by atoms with Gasteiger partial charge in [0.15, 0.2) is 11.5 Å². The van der Waals surface area contributed by atoms with Crippen molar-refractivity contribution in [1.82, 2.24) is 9.97 Å². The van der Waals surface area contributed by atoms with Crippen molar-refractivity contribution in [3.63, 3.8) is 0 Å². The van der Waals surface area contributed by atoms with Crippen molar-refractivity contribution in [2.24, 2.45) is 0 Å². The Morgan fingerprint density at radius 2 is 2.11 bits per heavy atom. The second-order valence-corrected chi connectivity index (χ2v) is 6.73. The molecule has 1 fully saturated rings. The highest BCUT2D eigenvalue weighted by atomic mass is 35.5. The molecule has 0 aliphatic carbocycles. The minimum absolute atomic E-state index is 0.127. The lowest BCUT2D eigenvalue weighted by Crippen LogP contribution is -2.32. The van der Waals surface area contributed by atoms with Gasteiger partial charge in [-0.3, -0.25) is 0 Å². The fourth-order valence-electron chi connectivity index (χ4n) is 3.27. The summed E-state index contributed by atoms with van der Waals surface area (Å²) in [7, 11) is 1.62. The maximum atomic E-state index is 6.62. The molecule has 0 saturated carbocycles. The predicted molar refractivity (Wildman–Crippen MR) is 106 cm³/mol. The number of hydrogen-bond acceptors (Lipinski definition) is 7. The van der Waals surface area contributed by atoms with E-state index in [0.29, 0.717) is 36.3 Å². The smallest absolute Gasteiger partial charge is 0.222 e. The molecule has 2 N–H and O–H groups in total. The largest absolute Gasteiger partial charge is 0.493 e. The number of nitrogens with two attached hydrogens (primary N) is 1. The number of benzene rings is 1. The fourth-order valence-corrected chi connectivity index (χ4v) is 3.54. The number of hydrogen-bond donors (Lipinski definition) is 1. The zero-order chi connectivity index (χ0) is 19.4. The van der Waals surface area contributed by atoms with Gasteiger partial charge in [-0.25, -0.2) is 4.98 Å². The molecule has 27 heavy (non-hydrogen) atoms. The lowest BCUT2D eigenvalue weighted by molar-refractivity contribution is 0.134. The molecular weight excluding hydrogens is 368 g/mol. The first-order chi connectivity index (χ1) is 13.0. The Bertz CT molecular complexity index is 783. The highest BCUT2D eigenvalue weighted by Crippen LogP contribution is 2.39. The van der Waals surface area contributed by atoms with Gasteiger partial charge in [0.05, 0.1) is 26.4 Å². The topological polar surface area (TPSA) is 82.7 Å². The fraction of sp³-hybridized carbons (Fsp3) is 0.474. The normalized spacial score (nSPS) is 17.5. The van der Waals surface area contributed by atoms with Crippen molar-refractivity contribution in [1.29, 1.82) is 0 Å². The Hall–Kier alpha value is -2.25. The minimum Gasteiger partial charge on any atom is -0.493 e. The van der Waals surface area contributed by atoms with Gasteiger partial charge in [0.1, 0.15) is 5.82 Å². The molecule has 1 saturated heterocycles. The molecule has 2 heterocycles. The van der Waals surface area contributed by atoms with Crippen LogP contribution in [0.5, 0.6) is 11.5 Å². The number of aryl methyl sites for hydroxylation is 1. The molecular formula is C19H25ClN4O3. The number of nitrogen functional groups attached to an aromatic ring is 1. The Balaban J connectivity index is 2.05. The molecule has 0 amide bonds. The van der Waals surface area contributed by atoms with Crippen molar-refractivity contribution in [3.8, 4) is 11.5 Å². The molecule has 1 aromatic heterocycles. The maximum absolute atomic E-state index is 6.62. The average Bonchev–Trinajstić information content (AvgIpc) is 2.87. The van der Waals surface area contributed by atoms with E-state index in [0.717, 1.165) is 30.0 Å². The van der Waals surface area contributed by atoms with E-state index in [2.05, 4.69) is 14.9 Å². The van der Waals surface area contributed by atoms with Gasteiger partial charge in [0.25, 0.3) is 0 Å². The third-order valence-corrected chi connectivity index (χ3v) is 4.76. The van der Waals surface area contributed by atoms with Crippen LogP contribution >= 0.6 is 11.6 Å². The summed E-state index contributed by atoms with van der Waals surface area (Å²) in [5, 5.41) is 0.596. The van der Waals surface area contributed by atoms with E-state index >= 15 is 0 Å². The standard InChI is InChI=1S/C19H25ClN4O3/c1-4-27-17-10-14(20)13(9-16(17)25-3)15-11-26-7-5-6-24(15)18-8-12(2)22-19(21)23-18/h8-10,15H,4-7,11H2,1-3H3,(H2,21,22,23). The van der Waals surface area contributed by atoms with Crippen molar-refractivity contribution >= 4 is 23.4 Å². The van der Waals surface area contributed by atoms with Gasteiger partial charge in [-0.05, 0) is 31.9 Å². The first kappa shape index (κ1) is 19.5. The summed E-state index contributed by atoms with van der Waals surface area (Å²) in [4.78, 5) is 10.8. The van der Waals surface area contributed by atoms with Crippen molar-refractivity contribution in [3.05, 3.63) is 34.5 Å². The first-order valence-corrected chi connectivity index (χ1v) is 9.37. The van der Waals surface area contributed by atoms with Crippen LogP contribution in [0.15, 0.2) is 18.2 Å². The molecule has 1 atom stereocenters. The Morgan fingerprint density at radius 3 is 2.81 bits per heavy atom. The number of methoxy groups -OCH3 is 1. The van der Waals surface area contributed by atoms with Gasteiger partial charge in [-0.1, -0.05) is 11.6 Å². The number of halogens is 1. The molecule has 1 aliphatic heterocycles. The molecule has 1 unspecified atom stereocenters. The Labute approximate surface area is 164 Å². The zero-order valence-electron chi connectivity index (χ0n) is 15.9. The van der Waals surface area contributed by atoms with Crippen LogP contribution in [0.3, 0.4) is 0 Å². The number of rotatable bonds is 5. The molecule has 1 aliphatic rings. The molecule has 0 bridgehead atoms. The van der Waals surface area contributed by atoms with E-state index in [-0.39, 0.29) is 12.0 Å². The van der Waals surface area contributed by atoms with E-state index in [4.69, 9.17) is 31.5 Å². The number of anilines is 2. The predicted octanol–water partition coefficient (Wildman–Crippen LogP) is 3.40. The first-order valence-electron chi connectivity index (χ1n) is 8.99. The van der Waals surface area contributed by atoms with Crippen LogP contribution < -0.4 is 20.1 Å². The third kappa shape index (κ3) is 4.36. The van der Waals surface area contributed by atoms with Crippen LogP contribution in [0, 0.1) is 6.92 Å². The van der Waals surface area contributed by atoms with Crippen LogP contribution in [-0.2, 0) is 4.74 Å². The van der Waals surface area contributed by atoms with E-state index in [1.54, 1.807) is 13.2 Å². The van der Waals surface area contributed by atoms with Crippen LogP contribution in [0.2, 0.25) is 5.02 Å². The molecule has 0 radical (unpaired) electrons. The van der Waals surface area contributed by atoms with Crippen LogP contribution in [0.25, 0.3) is 0 Å². The van der Waals surface area contributed by atoms with Gasteiger partial charge in [0, 0.05) is 36.0 Å². The molecule has 8 heteroatoms. The maximum Gasteiger partial charge on any atom is 0.222 e. The monoisotopic (exact) mass is 392 g/mol. The van der Waals surface area contributed by atoms with E-state index in [1.165, 1.54) is 0 Å². The SMILES string of the molecule is CCOc1cc(Cl)c(C2COCCCN2c2cc(C)nc(N)n2)cc1OC. The highest BCUT2D eigenvalue weighted by Gasteiger charge is 2.28. The molecule has 0 spiro atoms. The van der Waals surface area contributed by atoms with Crippen molar-refractivity contribution in [2.45, 2.75) is 26.3 Å². The van der Waals surface area contributed by atoms with Crippen molar-refractivity contribution in [2.75, 3.05) is 44.1 Å². The molecule has 2 aromatic rings. The lowest BCUT2D eigenvalue weighted by atomic mass is 10.0. The third-order valence-electron chi connectivity index (χ3n) is 4.43. The second-order valence-electron chi connectivity index (χ2n) is 6.32. The Kier molecular flexibility index (Phi) is 6.23. The number of ether oxygens (including phenoxy) is 3. The van der Waals surface area contributed by atoms with Gasteiger partial charge >= 0.3 is 0 Å². The summed E-state index contributed by atoms with van der Waals surface area (Å²) in [5.41, 5.74) is 7.59. The van der Waals surface area contributed by atoms with Crippen LogP contribution in [0.1, 0.15) is 30.6 Å². The van der Waals surface area contributed by atoms with Gasteiger partial charge in [0.2, 0.25) is 5.95 Å². The molecule has 7 nitrogen and oxygen atoms in total. The van der Waals surface area contributed by atoms with Gasteiger partial charge in [-0.2, -0.15) is 4.98 Å². The second kappa shape index (κ2) is 8.63. The summed E-state index contributed by atoms with van der Waals surface area (Å²) in [6.45, 7) is 6.29. The minimum atomic E-state index is -0.127. The average molecular weight is 393 g/mol. The summed E-state index contributed by atoms with van der Waals surface area (Å²) >= 11 is 6.62. The summed E-state index contributed by atoms with van der Waals surface area (Å²) in [5.74, 6) is 2.28. The number of aromatic nitrogens is 2. The van der Waals surface area contributed by atoms with E-state index < -0.39 is 0 Å². The Morgan fingerprint density at radius 1 is 1.30 bits per heavy atom. The molecule has 3 rings (SSSR count). The van der Waals surface area contributed by atoms with Gasteiger partial charge in [-0.15, -0.1) is 0 Å². The van der Waals surface area contributed by atoms with Crippen LogP contribution in [-0.4, -0.2) is 43.4 Å². The van der Waals surface area contributed by atoms with Crippen molar-refractivity contribution < 1.29 is 14.2 Å². The molecule has 1 aromatic carbocycles. The molecule has 146 valence electrons. The van der Waals surface area contributed by atoms with E-state index in [1.807, 2.05) is 26.0 Å². The number of nitrogens with zero attached hydrogens (tertiary/aromatic N) is 3. The summed E-state index contributed by atoms with van der Waals surface area (Å²) in [6.07, 6.45) is 0.880. The summed E-state index contributed by atoms with van der Waals surface area (Å²) in [6, 6.07) is 5.51. The zero-order valence-corrected chi connectivity index (χ0v) is 16.6.